The quantitative estimate of drug-likeness (QED) is 0.626. The highest BCUT2D eigenvalue weighted by Crippen LogP contribution is 2.39. The van der Waals surface area contributed by atoms with Gasteiger partial charge < -0.3 is 4.42 Å². The van der Waals surface area contributed by atoms with Crippen molar-refractivity contribution >= 4 is 50.1 Å². The van der Waals surface area contributed by atoms with Gasteiger partial charge in [0.25, 0.3) is 0 Å². The molecule has 0 aliphatic carbocycles. The average molecular weight is 344 g/mol. The van der Waals surface area contributed by atoms with Crippen LogP contribution in [0, 0.1) is 0 Å². The lowest BCUT2D eigenvalue weighted by molar-refractivity contribution is 0.627. The SMILES string of the molecule is Clc1ccc(-c2oc3cnnc(Cl)c3c2Br)cc1. The van der Waals surface area contributed by atoms with Crippen LogP contribution in [0.5, 0.6) is 0 Å². The highest BCUT2D eigenvalue weighted by Gasteiger charge is 2.17. The molecule has 0 unspecified atom stereocenters. The van der Waals surface area contributed by atoms with Crippen molar-refractivity contribution in [2.75, 3.05) is 0 Å². The summed E-state index contributed by atoms with van der Waals surface area (Å²) in [6.45, 7) is 0. The Balaban J connectivity index is 2.27. The van der Waals surface area contributed by atoms with Crippen molar-refractivity contribution in [1.29, 1.82) is 0 Å². The topological polar surface area (TPSA) is 38.9 Å². The summed E-state index contributed by atoms with van der Waals surface area (Å²) in [7, 11) is 0. The summed E-state index contributed by atoms with van der Waals surface area (Å²) in [5, 5.41) is 9.25. The second-order valence-corrected chi connectivity index (χ2v) is 5.21. The van der Waals surface area contributed by atoms with Crippen LogP contribution in [0.1, 0.15) is 0 Å². The summed E-state index contributed by atoms with van der Waals surface area (Å²) in [5.41, 5.74) is 1.49. The highest BCUT2D eigenvalue weighted by molar-refractivity contribution is 9.10. The van der Waals surface area contributed by atoms with E-state index in [0.29, 0.717) is 21.5 Å². The summed E-state index contributed by atoms with van der Waals surface area (Å²) in [6, 6.07) is 7.35. The highest BCUT2D eigenvalue weighted by atomic mass is 79.9. The summed E-state index contributed by atoms with van der Waals surface area (Å²) in [6.07, 6.45) is 1.53. The maximum Gasteiger partial charge on any atom is 0.163 e. The molecule has 0 aliphatic heterocycles. The molecule has 1 aromatic carbocycles. The fourth-order valence-corrected chi connectivity index (χ4v) is 2.84. The van der Waals surface area contributed by atoms with Crippen molar-refractivity contribution in [3.05, 3.63) is 45.1 Å². The first-order valence-corrected chi connectivity index (χ1v) is 6.57. The van der Waals surface area contributed by atoms with Gasteiger partial charge in [0.15, 0.2) is 10.7 Å². The predicted octanol–water partition coefficient (Wildman–Crippen LogP) is 4.96. The largest absolute Gasteiger partial charge is 0.453 e. The van der Waals surface area contributed by atoms with E-state index < -0.39 is 0 Å². The monoisotopic (exact) mass is 342 g/mol. The molecular weight excluding hydrogens is 339 g/mol. The zero-order valence-corrected chi connectivity index (χ0v) is 11.9. The Morgan fingerprint density at radius 3 is 2.50 bits per heavy atom. The molecule has 0 aliphatic rings. The van der Waals surface area contributed by atoms with E-state index in [1.807, 2.05) is 12.1 Å². The van der Waals surface area contributed by atoms with E-state index in [1.54, 1.807) is 12.1 Å². The second-order valence-electron chi connectivity index (χ2n) is 3.63. The molecular formula is C12H5BrCl2N2O. The summed E-state index contributed by atoms with van der Waals surface area (Å²) in [5.74, 6) is 0.679. The number of hydrogen-bond donors (Lipinski definition) is 0. The molecule has 2 aromatic heterocycles. The van der Waals surface area contributed by atoms with Crippen LogP contribution in [-0.4, -0.2) is 10.2 Å². The number of benzene rings is 1. The number of nitrogens with zero attached hydrogens (tertiary/aromatic N) is 2. The van der Waals surface area contributed by atoms with Gasteiger partial charge >= 0.3 is 0 Å². The van der Waals surface area contributed by atoms with Gasteiger partial charge in [0, 0.05) is 10.6 Å². The number of furan rings is 1. The average Bonchev–Trinajstić information content (AvgIpc) is 2.69. The third-order valence-corrected chi connectivity index (χ3v) is 3.78. The lowest BCUT2D eigenvalue weighted by atomic mass is 10.2. The Morgan fingerprint density at radius 1 is 1.11 bits per heavy atom. The van der Waals surface area contributed by atoms with Crippen LogP contribution in [0.25, 0.3) is 22.3 Å². The predicted molar refractivity (Wildman–Crippen MR) is 75.0 cm³/mol. The molecule has 0 N–H and O–H groups in total. The molecule has 0 fully saturated rings. The maximum absolute atomic E-state index is 6.00. The van der Waals surface area contributed by atoms with Crippen LogP contribution >= 0.6 is 39.1 Å². The third-order valence-electron chi connectivity index (χ3n) is 2.51. The van der Waals surface area contributed by atoms with E-state index in [4.69, 9.17) is 27.6 Å². The van der Waals surface area contributed by atoms with Gasteiger partial charge in [0.2, 0.25) is 0 Å². The van der Waals surface area contributed by atoms with Crippen molar-refractivity contribution in [1.82, 2.24) is 10.2 Å². The second kappa shape index (κ2) is 4.53. The Hall–Kier alpha value is -1.10. The minimum atomic E-state index is 0.309. The molecule has 0 spiro atoms. The lowest BCUT2D eigenvalue weighted by Crippen LogP contribution is -1.80. The van der Waals surface area contributed by atoms with Crippen LogP contribution in [0.4, 0.5) is 0 Å². The standard InChI is InChI=1S/C12H5BrCl2N2O/c13-10-9-8(5-16-17-12(9)15)18-11(10)6-1-3-7(14)4-2-6/h1-5H. The third kappa shape index (κ3) is 1.90. The minimum absolute atomic E-state index is 0.309. The number of aromatic nitrogens is 2. The Labute approximate surface area is 121 Å². The van der Waals surface area contributed by atoms with Crippen LogP contribution in [0.3, 0.4) is 0 Å². The molecule has 3 aromatic rings. The van der Waals surface area contributed by atoms with Gasteiger partial charge in [-0.25, -0.2) is 0 Å². The first kappa shape index (κ1) is 12.0. The lowest BCUT2D eigenvalue weighted by Gasteiger charge is -1.97. The number of halogens is 3. The molecule has 2 heterocycles. The van der Waals surface area contributed by atoms with E-state index in [0.717, 1.165) is 15.4 Å². The van der Waals surface area contributed by atoms with E-state index in [9.17, 15) is 0 Å². The fourth-order valence-electron chi connectivity index (χ4n) is 1.68. The molecule has 3 nitrogen and oxygen atoms in total. The molecule has 0 atom stereocenters. The van der Waals surface area contributed by atoms with Gasteiger partial charge in [-0.1, -0.05) is 23.2 Å². The van der Waals surface area contributed by atoms with Gasteiger partial charge in [-0.15, -0.1) is 5.10 Å². The minimum Gasteiger partial charge on any atom is -0.453 e. The molecule has 0 radical (unpaired) electrons. The van der Waals surface area contributed by atoms with Gasteiger partial charge in [-0.2, -0.15) is 5.10 Å². The number of fused-ring (bicyclic) bond motifs is 1. The molecule has 6 heteroatoms. The molecule has 0 saturated heterocycles. The van der Waals surface area contributed by atoms with Crippen LogP contribution in [-0.2, 0) is 0 Å². The smallest absolute Gasteiger partial charge is 0.163 e. The molecule has 90 valence electrons. The zero-order chi connectivity index (χ0) is 12.7. The van der Waals surface area contributed by atoms with Gasteiger partial charge in [0.05, 0.1) is 16.1 Å². The molecule has 18 heavy (non-hydrogen) atoms. The summed E-state index contributed by atoms with van der Waals surface area (Å²) >= 11 is 15.3. The van der Waals surface area contributed by atoms with E-state index in [1.165, 1.54) is 6.20 Å². The number of hydrogen-bond acceptors (Lipinski definition) is 3. The van der Waals surface area contributed by atoms with E-state index in [-0.39, 0.29) is 0 Å². The van der Waals surface area contributed by atoms with Crippen molar-refractivity contribution < 1.29 is 4.42 Å². The maximum atomic E-state index is 6.00. The first-order chi connectivity index (χ1) is 8.66. The van der Waals surface area contributed by atoms with E-state index in [2.05, 4.69) is 26.1 Å². The first-order valence-electron chi connectivity index (χ1n) is 5.02. The fraction of sp³-hybridized carbons (Fsp3) is 0. The van der Waals surface area contributed by atoms with Gasteiger partial charge in [-0.05, 0) is 40.2 Å². The molecule has 3 rings (SSSR count). The van der Waals surface area contributed by atoms with Crippen LogP contribution < -0.4 is 0 Å². The normalized spacial score (nSPS) is 11.1. The molecule has 0 amide bonds. The Morgan fingerprint density at radius 2 is 1.83 bits per heavy atom. The zero-order valence-electron chi connectivity index (χ0n) is 8.82. The Kier molecular flexibility index (Phi) is 3.01. The van der Waals surface area contributed by atoms with Crippen LogP contribution in [0.2, 0.25) is 10.2 Å². The van der Waals surface area contributed by atoms with Crippen LogP contribution in [0.15, 0.2) is 39.4 Å². The van der Waals surface area contributed by atoms with Gasteiger partial charge in [0.1, 0.15) is 5.76 Å². The van der Waals surface area contributed by atoms with Crippen molar-refractivity contribution in [2.45, 2.75) is 0 Å². The van der Waals surface area contributed by atoms with E-state index >= 15 is 0 Å². The summed E-state index contributed by atoms with van der Waals surface area (Å²) < 4.78 is 6.49. The number of rotatable bonds is 1. The van der Waals surface area contributed by atoms with Crippen molar-refractivity contribution in [3.63, 3.8) is 0 Å². The van der Waals surface area contributed by atoms with Gasteiger partial charge in [-0.3, -0.25) is 0 Å². The summed E-state index contributed by atoms with van der Waals surface area (Å²) in [4.78, 5) is 0. The molecule has 0 bridgehead atoms. The van der Waals surface area contributed by atoms with Crippen molar-refractivity contribution in [2.24, 2.45) is 0 Å². The molecule has 0 saturated carbocycles. The van der Waals surface area contributed by atoms with Crippen molar-refractivity contribution in [3.8, 4) is 11.3 Å². The Bertz CT molecular complexity index is 725.